The normalized spacial score (nSPS) is 11.9. The first-order valence-corrected chi connectivity index (χ1v) is 7.63. The van der Waals surface area contributed by atoms with E-state index in [2.05, 4.69) is 78.3 Å². The van der Waals surface area contributed by atoms with E-state index in [1.54, 1.807) is 0 Å². The zero-order valence-corrected chi connectivity index (χ0v) is 14.4. The molecule has 2 rings (SSSR count). The van der Waals surface area contributed by atoms with Crippen LogP contribution in [0.4, 0.5) is 0 Å². The van der Waals surface area contributed by atoms with E-state index in [4.69, 9.17) is 0 Å². The Morgan fingerprint density at radius 1 is 1.15 bits per heavy atom. The SMILES string of the molecule is Cc1nn(-c2ccc(CNC(C)(C)C)cc2)c(C)c1Br. The number of benzene rings is 1. The molecule has 1 heterocycles. The van der Waals surface area contributed by atoms with E-state index in [0.717, 1.165) is 28.1 Å². The third-order valence-electron chi connectivity index (χ3n) is 3.21. The largest absolute Gasteiger partial charge is 0.308 e. The summed E-state index contributed by atoms with van der Waals surface area (Å²) in [6.07, 6.45) is 0. The maximum Gasteiger partial charge on any atom is 0.0743 e. The minimum atomic E-state index is 0.138. The average molecular weight is 336 g/mol. The van der Waals surface area contributed by atoms with Crippen LogP contribution in [0, 0.1) is 13.8 Å². The van der Waals surface area contributed by atoms with Gasteiger partial charge in [0, 0.05) is 12.1 Å². The van der Waals surface area contributed by atoms with Crippen LogP contribution in [0.25, 0.3) is 5.69 Å². The average Bonchev–Trinajstić information content (AvgIpc) is 2.64. The number of hydrogen-bond donors (Lipinski definition) is 1. The van der Waals surface area contributed by atoms with Gasteiger partial charge in [-0.2, -0.15) is 5.10 Å². The minimum absolute atomic E-state index is 0.138. The molecule has 2 aromatic rings. The number of aryl methyl sites for hydroxylation is 1. The molecule has 0 aliphatic heterocycles. The van der Waals surface area contributed by atoms with Gasteiger partial charge in [0.05, 0.1) is 21.5 Å². The summed E-state index contributed by atoms with van der Waals surface area (Å²) in [6.45, 7) is 11.5. The lowest BCUT2D eigenvalue weighted by Gasteiger charge is -2.20. The number of hydrogen-bond acceptors (Lipinski definition) is 2. The predicted molar refractivity (Wildman–Crippen MR) is 87.3 cm³/mol. The lowest BCUT2D eigenvalue weighted by atomic mass is 10.1. The second-order valence-electron chi connectivity index (χ2n) is 6.17. The molecule has 0 radical (unpaired) electrons. The molecule has 1 aromatic carbocycles. The van der Waals surface area contributed by atoms with Crippen LogP contribution in [0.5, 0.6) is 0 Å². The maximum atomic E-state index is 4.55. The standard InChI is InChI=1S/C16H22BrN3/c1-11-15(17)12(2)20(19-11)14-8-6-13(7-9-14)10-18-16(3,4)5/h6-9,18H,10H2,1-5H3. The first kappa shape index (κ1) is 15.3. The van der Waals surface area contributed by atoms with Crippen molar-refractivity contribution in [2.24, 2.45) is 0 Å². The summed E-state index contributed by atoms with van der Waals surface area (Å²) >= 11 is 3.57. The van der Waals surface area contributed by atoms with Gasteiger partial charge in [-0.05, 0) is 68.2 Å². The number of aromatic nitrogens is 2. The Kier molecular flexibility index (Phi) is 4.35. The Morgan fingerprint density at radius 3 is 2.20 bits per heavy atom. The summed E-state index contributed by atoms with van der Waals surface area (Å²) in [4.78, 5) is 0. The molecule has 0 unspecified atom stereocenters. The van der Waals surface area contributed by atoms with E-state index in [1.165, 1.54) is 5.56 Å². The molecule has 1 N–H and O–H groups in total. The highest BCUT2D eigenvalue weighted by Gasteiger charge is 2.11. The van der Waals surface area contributed by atoms with E-state index in [1.807, 2.05) is 11.6 Å². The van der Waals surface area contributed by atoms with Gasteiger partial charge in [-0.1, -0.05) is 12.1 Å². The first-order valence-electron chi connectivity index (χ1n) is 6.84. The van der Waals surface area contributed by atoms with Crippen molar-refractivity contribution >= 4 is 15.9 Å². The van der Waals surface area contributed by atoms with Crippen LogP contribution < -0.4 is 5.32 Å². The third kappa shape index (κ3) is 3.49. The van der Waals surface area contributed by atoms with Crippen molar-refractivity contribution in [2.45, 2.75) is 46.7 Å². The molecular formula is C16H22BrN3. The fraction of sp³-hybridized carbons (Fsp3) is 0.438. The molecule has 4 heteroatoms. The monoisotopic (exact) mass is 335 g/mol. The van der Waals surface area contributed by atoms with Crippen LogP contribution in [0.1, 0.15) is 37.7 Å². The fourth-order valence-electron chi connectivity index (χ4n) is 2.00. The van der Waals surface area contributed by atoms with Gasteiger partial charge in [-0.3, -0.25) is 0 Å². The molecule has 0 aliphatic carbocycles. The van der Waals surface area contributed by atoms with Gasteiger partial charge in [-0.25, -0.2) is 4.68 Å². The summed E-state index contributed by atoms with van der Waals surface area (Å²) < 4.78 is 3.05. The van der Waals surface area contributed by atoms with Crippen molar-refractivity contribution < 1.29 is 0 Å². The molecule has 0 amide bonds. The Hall–Kier alpha value is -1.13. The Labute approximate surface area is 129 Å². The van der Waals surface area contributed by atoms with Gasteiger partial charge < -0.3 is 5.32 Å². The first-order chi connectivity index (χ1) is 9.28. The lowest BCUT2D eigenvalue weighted by molar-refractivity contribution is 0.424. The summed E-state index contributed by atoms with van der Waals surface area (Å²) in [5.74, 6) is 0. The maximum absolute atomic E-state index is 4.55. The lowest BCUT2D eigenvalue weighted by Crippen LogP contribution is -2.35. The molecular weight excluding hydrogens is 314 g/mol. The molecule has 0 aliphatic rings. The van der Waals surface area contributed by atoms with Gasteiger partial charge in [0.2, 0.25) is 0 Å². The Balaban J connectivity index is 2.18. The Bertz CT molecular complexity index is 591. The van der Waals surface area contributed by atoms with Crippen LogP contribution in [-0.2, 0) is 6.54 Å². The van der Waals surface area contributed by atoms with E-state index >= 15 is 0 Å². The predicted octanol–water partition coefficient (Wildman–Crippen LogP) is 4.14. The molecule has 1 aromatic heterocycles. The molecule has 3 nitrogen and oxygen atoms in total. The zero-order valence-electron chi connectivity index (χ0n) is 12.8. The van der Waals surface area contributed by atoms with E-state index < -0.39 is 0 Å². The van der Waals surface area contributed by atoms with Gasteiger partial charge >= 0.3 is 0 Å². The highest BCUT2D eigenvalue weighted by Crippen LogP contribution is 2.23. The fourth-order valence-corrected chi connectivity index (χ4v) is 2.24. The number of nitrogens with one attached hydrogen (secondary N) is 1. The van der Waals surface area contributed by atoms with Crippen LogP contribution in [-0.4, -0.2) is 15.3 Å². The van der Waals surface area contributed by atoms with Crippen molar-refractivity contribution in [3.8, 4) is 5.69 Å². The molecule has 0 bridgehead atoms. The van der Waals surface area contributed by atoms with Crippen LogP contribution in [0.15, 0.2) is 28.7 Å². The van der Waals surface area contributed by atoms with Crippen LogP contribution in [0.2, 0.25) is 0 Å². The van der Waals surface area contributed by atoms with Crippen molar-refractivity contribution in [2.75, 3.05) is 0 Å². The van der Waals surface area contributed by atoms with Crippen LogP contribution >= 0.6 is 15.9 Å². The molecule has 0 spiro atoms. The highest BCUT2D eigenvalue weighted by molar-refractivity contribution is 9.10. The molecule has 108 valence electrons. The van der Waals surface area contributed by atoms with Gasteiger partial charge in [0.15, 0.2) is 0 Å². The summed E-state index contributed by atoms with van der Waals surface area (Å²) in [7, 11) is 0. The summed E-state index contributed by atoms with van der Waals surface area (Å²) in [5.41, 5.74) is 4.66. The Morgan fingerprint density at radius 2 is 1.75 bits per heavy atom. The quantitative estimate of drug-likeness (QED) is 0.913. The number of halogens is 1. The minimum Gasteiger partial charge on any atom is -0.308 e. The molecule has 0 saturated heterocycles. The molecule has 0 fully saturated rings. The number of rotatable bonds is 3. The van der Waals surface area contributed by atoms with Gasteiger partial charge in [0.1, 0.15) is 0 Å². The van der Waals surface area contributed by atoms with Crippen LogP contribution in [0.3, 0.4) is 0 Å². The van der Waals surface area contributed by atoms with Gasteiger partial charge in [-0.15, -0.1) is 0 Å². The highest BCUT2D eigenvalue weighted by atomic mass is 79.9. The van der Waals surface area contributed by atoms with Gasteiger partial charge in [0.25, 0.3) is 0 Å². The molecule has 20 heavy (non-hydrogen) atoms. The smallest absolute Gasteiger partial charge is 0.0743 e. The topological polar surface area (TPSA) is 29.9 Å². The summed E-state index contributed by atoms with van der Waals surface area (Å²) in [5, 5.41) is 8.04. The zero-order chi connectivity index (χ0) is 14.9. The van der Waals surface area contributed by atoms with E-state index in [9.17, 15) is 0 Å². The van der Waals surface area contributed by atoms with E-state index in [0.29, 0.717) is 0 Å². The third-order valence-corrected chi connectivity index (χ3v) is 4.35. The van der Waals surface area contributed by atoms with Crippen molar-refractivity contribution in [1.29, 1.82) is 0 Å². The van der Waals surface area contributed by atoms with E-state index in [-0.39, 0.29) is 5.54 Å². The number of nitrogens with zero attached hydrogens (tertiary/aromatic N) is 2. The second-order valence-corrected chi connectivity index (χ2v) is 6.96. The van der Waals surface area contributed by atoms with Crippen molar-refractivity contribution in [1.82, 2.24) is 15.1 Å². The van der Waals surface area contributed by atoms with Crippen molar-refractivity contribution in [3.05, 3.63) is 45.7 Å². The second kappa shape index (κ2) is 5.70. The summed E-state index contributed by atoms with van der Waals surface area (Å²) in [6, 6.07) is 8.54. The molecule has 0 atom stereocenters. The molecule has 0 saturated carbocycles. The van der Waals surface area contributed by atoms with Crippen molar-refractivity contribution in [3.63, 3.8) is 0 Å².